The summed E-state index contributed by atoms with van der Waals surface area (Å²) in [6.45, 7) is 6.86. The predicted molar refractivity (Wildman–Crippen MR) is 82.4 cm³/mol. The fourth-order valence-corrected chi connectivity index (χ4v) is 5.65. The van der Waals surface area contributed by atoms with Gasteiger partial charge in [-0.25, -0.2) is 0 Å². The first kappa shape index (κ1) is 13.4. The highest BCUT2D eigenvalue weighted by Gasteiger charge is 2.80. The van der Waals surface area contributed by atoms with Gasteiger partial charge in [0.1, 0.15) is 11.5 Å². The number of carbonyl (C=O) groups is 1. The number of fused-ring (bicyclic) bond motifs is 3. The van der Waals surface area contributed by atoms with Gasteiger partial charge < -0.3 is 4.74 Å². The van der Waals surface area contributed by atoms with Gasteiger partial charge in [-0.05, 0) is 54.2 Å². The standard InChI is InChI=1S/C19H24O2/c1-17(2)15-9-10-18(17,3)16(20)19(15)11-14(19)12-5-7-13(21-4)8-6-12/h5-8,14-15H,9-11H2,1-4H3/t14-,15+,18-,19-/m1/s1. The summed E-state index contributed by atoms with van der Waals surface area (Å²) in [5.74, 6) is 2.44. The molecule has 3 aliphatic carbocycles. The number of methoxy groups -OCH3 is 1. The van der Waals surface area contributed by atoms with Crippen LogP contribution in [0.5, 0.6) is 5.75 Å². The average Bonchev–Trinajstić information content (AvgIpc) is 3.12. The molecule has 3 fully saturated rings. The Morgan fingerprint density at radius 2 is 1.81 bits per heavy atom. The zero-order valence-electron chi connectivity index (χ0n) is 13.4. The normalized spacial score (nSPS) is 42.6. The zero-order chi connectivity index (χ0) is 15.0. The second-order valence-corrected chi connectivity index (χ2v) is 8.04. The van der Waals surface area contributed by atoms with Crippen molar-refractivity contribution in [2.45, 2.75) is 46.0 Å². The fourth-order valence-electron chi connectivity index (χ4n) is 5.65. The fraction of sp³-hybridized carbons (Fsp3) is 0.632. The van der Waals surface area contributed by atoms with Crippen LogP contribution in [0.25, 0.3) is 0 Å². The molecule has 0 heterocycles. The lowest BCUT2D eigenvalue weighted by Crippen LogP contribution is -2.34. The Hall–Kier alpha value is -1.31. The van der Waals surface area contributed by atoms with Gasteiger partial charge in [0.25, 0.3) is 0 Å². The van der Waals surface area contributed by atoms with Crippen LogP contribution in [-0.2, 0) is 4.79 Å². The molecule has 0 radical (unpaired) electrons. The van der Waals surface area contributed by atoms with Gasteiger partial charge in [0.15, 0.2) is 0 Å². The van der Waals surface area contributed by atoms with Gasteiger partial charge in [-0.1, -0.05) is 32.9 Å². The lowest BCUT2D eigenvalue weighted by molar-refractivity contribution is -0.133. The molecule has 0 saturated heterocycles. The predicted octanol–water partition coefficient (Wildman–Crippen LogP) is 4.19. The van der Waals surface area contributed by atoms with Gasteiger partial charge in [0, 0.05) is 10.8 Å². The number of carbonyl (C=O) groups excluding carboxylic acids is 1. The van der Waals surface area contributed by atoms with E-state index < -0.39 is 0 Å². The molecule has 0 aliphatic heterocycles. The zero-order valence-corrected chi connectivity index (χ0v) is 13.4. The molecule has 0 amide bonds. The van der Waals surface area contributed by atoms with Crippen LogP contribution in [0.15, 0.2) is 24.3 Å². The molecule has 3 aliphatic rings. The molecule has 2 bridgehead atoms. The Balaban J connectivity index is 1.71. The molecular formula is C19H24O2. The topological polar surface area (TPSA) is 26.3 Å². The van der Waals surface area contributed by atoms with Crippen LogP contribution >= 0.6 is 0 Å². The highest BCUT2D eigenvalue weighted by atomic mass is 16.5. The minimum atomic E-state index is -0.0983. The number of Topliss-reactive ketones (excluding diaryl/α,β-unsaturated/α-hetero) is 1. The monoisotopic (exact) mass is 284 g/mol. The minimum Gasteiger partial charge on any atom is -0.497 e. The number of hydrogen-bond acceptors (Lipinski definition) is 2. The van der Waals surface area contributed by atoms with E-state index in [9.17, 15) is 4.79 Å². The molecule has 0 aromatic heterocycles. The summed E-state index contributed by atoms with van der Waals surface area (Å²) in [7, 11) is 1.69. The SMILES string of the molecule is COc1ccc([C@H]2C[C@@]23C(=O)[C@@]2(C)CC[C@H]3C2(C)C)cc1. The lowest BCUT2D eigenvalue weighted by Gasteiger charge is -2.32. The van der Waals surface area contributed by atoms with Crippen LogP contribution in [-0.4, -0.2) is 12.9 Å². The lowest BCUT2D eigenvalue weighted by atomic mass is 9.70. The number of ketones is 1. The van der Waals surface area contributed by atoms with Crippen LogP contribution in [0.3, 0.4) is 0 Å². The molecule has 4 atom stereocenters. The molecule has 4 rings (SSSR count). The van der Waals surface area contributed by atoms with E-state index in [1.54, 1.807) is 7.11 Å². The molecule has 1 aromatic rings. The van der Waals surface area contributed by atoms with Crippen molar-refractivity contribution in [3.63, 3.8) is 0 Å². The molecule has 2 nitrogen and oxygen atoms in total. The number of rotatable bonds is 2. The van der Waals surface area contributed by atoms with Crippen molar-refractivity contribution in [1.82, 2.24) is 0 Å². The van der Waals surface area contributed by atoms with Crippen LogP contribution in [0.4, 0.5) is 0 Å². The maximum absolute atomic E-state index is 13.2. The Labute approximate surface area is 126 Å². The van der Waals surface area contributed by atoms with Crippen LogP contribution in [0.1, 0.15) is 51.5 Å². The molecule has 21 heavy (non-hydrogen) atoms. The first-order valence-corrected chi connectivity index (χ1v) is 8.07. The third-order valence-electron chi connectivity index (χ3n) is 7.29. The van der Waals surface area contributed by atoms with E-state index in [1.807, 2.05) is 12.1 Å². The van der Waals surface area contributed by atoms with Gasteiger partial charge in [0.2, 0.25) is 0 Å². The quantitative estimate of drug-likeness (QED) is 0.814. The van der Waals surface area contributed by atoms with Gasteiger partial charge in [0.05, 0.1) is 7.11 Å². The number of hydrogen-bond donors (Lipinski definition) is 0. The Morgan fingerprint density at radius 3 is 2.33 bits per heavy atom. The summed E-state index contributed by atoms with van der Waals surface area (Å²) in [5.41, 5.74) is 1.33. The van der Waals surface area contributed by atoms with Gasteiger partial charge >= 0.3 is 0 Å². The van der Waals surface area contributed by atoms with E-state index in [2.05, 4.69) is 32.9 Å². The summed E-state index contributed by atoms with van der Waals surface area (Å²) in [5, 5.41) is 0. The Kier molecular flexibility index (Phi) is 2.36. The van der Waals surface area contributed by atoms with Crippen LogP contribution in [0.2, 0.25) is 0 Å². The third kappa shape index (κ3) is 1.32. The maximum Gasteiger partial charge on any atom is 0.146 e. The van der Waals surface area contributed by atoms with E-state index in [0.717, 1.165) is 18.6 Å². The first-order chi connectivity index (χ1) is 9.88. The molecule has 0 N–H and O–H groups in total. The largest absolute Gasteiger partial charge is 0.497 e. The molecular weight excluding hydrogens is 260 g/mol. The highest BCUT2D eigenvalue weighted by molar-refractivity contribution is 5.98. The highest BCUT2D eigenvalue weighted by Crippen LogP contribution is 2.81. The number of ether oxygens (including phenoxy) is 1. The van der Waals surface area contributed by atoms with Crippen LogP contribution < -0.4 is 4.74 Å². The Bertz CT molecular complexity index is 615. The Morgan fingerprint density at radius 1 is 1.14 bits per heavy atom. The average molecular weight is 284 g/mol. The molecule has 0 unspecified atom stereocenters. The van der Waals surface area contributed by atoms with Crippen molar-refractivity contribution in [2.75, 3.05) is 7.11 Å². The van der Waals surface area contributed by atoms with Crippen molar-refractivity contribution >= 4 is 5.78 Å². The molecule has 3 saturated carbocycles. The second-order valence-electron chi connectivity index (χ2n) is 8.04. The molecule has 2 heteroatoms. The van der Waals surface area contributed by atoms with E-state index in [1.165, 1.54) is 12.0 Å². The van der Waals surface area contributed by atoms with E-state index >= 15 is 0 Å². The summed E-state index contributed by atoms with van der Waals surface area (Å²) in [6.07, 6.45) is 3.37. The molecule has 1 aromatic carbocycles. The summed E-state index contributed by atoms with van der Waals surface area (Å²) in [6, 6.07) is 8.33. The van der Waals surface area contributed by atoms with Gasteiger partial charge in [-0.3, -0.25) is 4.79 Å². The maximum atomic E-state index is 13.2. The summed E-state index contributed by atoms with van der Waals surface area (Å²) in [4.78, 5) is 13.2. The van der Waals surface area contributed by atoms with E-state index in [4.69, 9.17) is 4.74 Å². The van der Waals surface area contributed by atoms with E-state index in [-0.39, 0.29) is 16.2 Å². The minimum absolute atomic E-state index is 0.0505. The van der Waals surface area contributed by atoms with Crippen molar-refractivity contribution in [2.24, 2.45) is 22.2 Å². The van der Waals surface area contributed by atoms with Gasteiger partial charge in [-0.2, -0.15) is 0 Å². The van der Waals surface area contributed by atoms with Gasteiger partial charge in [-0.15, -0.1) is 0 Å². The smallest absolute Gasteiger partial charge is 0.146 e. The number of benzene rings is 1. The summed E-state index contributed by atoms with van der Waals surface area (Å²) < 4.78 is 5.24. The molecule has 1 spiro atoms. The van der Waals surface area contributed by atoms with Crippen molar-refractivity contribution in [1.29, 1.82) is 0 Å². The van der Waals surface area contributed by atoms with Crippen molar-refractivity contribution < 1.29 is 9.53 Å². The van der Waals surface area contributed by atoms with Crippen molar-refractivity contribution in [3.8, 4) is 5.75 Å². The second kappa shape index (κ2) is 3.71. The molecule has 112 valence electrons. The third-order valence-corrected chi connectivity index (χ3v) is 7.29. The van der Waals surface area contributed by atoms with E-state index in [0.29, 0.717) is 17.6 Å². The first-order valence-electron chi connectivity index (χ1n) is 8.07. The van der Waals surface area contributed by atoms with Crippen LogP contribution in [0, 0.1) is 22.2 Å². The van der Waals surface area contributed by atoms with Crippen molar-refractivity contribution in [3.05, 3.63) is 29.8 Å². The summed E-state index contributed by atoms with van der Waals surface area (Å²) >= 11 is 0.